The summed E-state index contributed by atoms with van der Waals surface area (Å²) >= 11 is 0. The molecule has 0 saturated carbocycles. The smallest absolute Gasteiger partial charge is 0.124 e. The summed E-state index contributed by atoms with van der Waals surface area (Å²) in [7, 11) is 3.42. The van der Waals surface area contributed by atoms with Gasteiger partial charge in [-0.2, -0.15) is 0 Å². The Balaban J connectivity index is 2.15. The third-order valence-electron chi connectivity index (χ3n) is 4.85. The summed E-state index contributed by atoms with van der Waals surface area (Å²) in [5, 5.41) is 13.4. The molecule has 1 atom stereocenters. The normalized spacial score (nSPS) is 17.1. The van der Waals surface area contributed by atoms with Crippen LogP contribution < -0.4 is 14.8 Å². The van der Waals surface area contributed by atoms with Gasteiger partial charge < -0.3 is 19.9 Å². The molecule has 1 aliphatic heterocycles. The van der Waals surface area contributed by atoms with Crippen molar-refractivity contribution >= 4 is 0 Å². The number of benzene rings is 2. The van der Waals surface area contributed by atoms with Crippen LogP contribution in [0.25, 0.3) is 0 Å². The third kappa shape index (κ3) is 3.31. The van der Waals surface area contributed by atoms with Crippen LogP contribution in [0, 0.1) is 0 Å². The van der Waals surface area contributed by atoms with E-state index in [-0.39, 0.29) is 11.5 Å². The fraction of sp³-hybridized carbons (Fsp3) is 0.429. The maximum Gasteiger partial charge on any atom is 0.124 e. The lowest BCUT2D eigenvalue weighted by Crippen LogP contribution is -2.31. The van der Waals surface area contributed by atoms with E-state index < -0.39 is 0 Å². The van der Waals surface area contributed by atoms with E-state index >= 15 is 0 Å². The second kappa shape index (κ2) is 6.60. The van der Waals surface area contributed by atoms with Crippen LogP contribution in [0.1, 0.15) is 49.1 Å². The molecule has 1 heterocycles. The maximum atomic E-state index is 9.79. The van der Waals surface area contributed by atoms with Crippen LogP contribution in [0.4, 0.5) is 0 Å². The number of nitrogens with one attached hydrogen (secondary N) is 1. The molecule has 25 heavy (non-hydrogen) atoms. The molecule has 0 radical (unpaired) electrons. The molecule has 134 valence electrons. The predicted octanol–water partition coefficient (Wildman–Crippen LogP) is 3.94. The Kier molecular flexibility index (Phi) is 4.65. The van der Waals surface area contributed by atoms with Gasteiger partial charge in [0.25, 0.3) is 0 Å². The second-order valence-electron chi connectivity index (χ2n) is 7.56. The first kappa shape index (κ1) is 17.6. The van der Waals surface area contributed by atoms with Gasteiger partial charge in [0.05, 0.1) is 20.3 Å². The van der Waals surface area contributed by atoms with Crippen molar-refractivity contribution < 1.29 is 14.6 Å². The highest BCUT2D eigenvalue weighted by Crippen LogP contribution is 2.42. The molecule has 0 aromatic heterocycles. The van der Waals surface area contributed by atoms with Gasteiger partial charge in [0.2, 0.25) is 0 Å². The lowest BCUT2D eigenvalue weighted by Gasteiger charge is -2.30. The summed E-state index contributed by atoms with van der Waals surface area (Å²) in [4.78, 5) is 0. The van der Waals surface area contributed by atoms with Crippen molar-refractivity contribution in [2.75, 3.05) is 20.8 Å². The summed E-state index contributed by atoms with van der Waals surface area (Å²) in [5.41, 5.74) is 4.48. The Morgan fingerprint density at radius 3 is 2.36 bits per heavy atom. The van der Waals surface area contributed by atoms with Gasteiger partial charge >= 0.3 is 0 Å². The van der Waals surface area contributed by atoms with Crippen LogP contribution in [0.3, 0.4) is 0 Å². The first-order valence-electron chi connectivity index (χ1n) is 8.66. The fourth-order valence-electron chi connectivity index (χ4n) is 3.56. The van der Waals surface area contributed by atoms with E-state index in [1.54, 1.807) is 20.3 Å². The standard InChI is InChI=1S/C21H27NO3/c1-21(2,3)17-12-18(24-4)16(11-19(17)25-5)20-15-7-6-14(23)10-13(15)8-9-22-20/h6-7,10-12,20,22-23H,8-9H2,1-5H3. The van der Waals surface area contributed by atoms with Crippen molar-refractivity contribution in [1.82, 2.24) is 5.32 Å². The molecule has 0 fully saturated rings. The van der Waals surface area contributed by atoms with Gasteiger partial charge in [0.15, 0.2) is 0 Å². The lowest BCUT2D eigenvalue weighted by molar-refractivity contribution is 0.380. The number of phenols is 1. The molecule has 1 aliphatic rings. The van der Waals surface area contributed by atoms with Gasteiger partial charge in [-0.3, -0.25) is 0 Å². The Labute approximate surface area is 149 Å². The van der Waals surface area contributed by atoms with Gasteiger partial charge in [0, 0.05) is 17.7 Å². The first-order chi connectivity index (χ1) is 11.8. The lowest BCUT2D eigenvalue weighted by atomic mass is 9.83. The van der Waals surface area contributed by atoms with Crippen LogP contribution in [-0.2, 0) is 11.8 Å². The van der Waals surface area contributed by atoms with Gasteiger partial charge in [-0.1, -0.05) is 26.8 Å². The van der Waals surface area contributed by atoms with Crippen molar-refractivity contribution in [1.29, 1.82) is 0 Å². The number of hydrogen-bond donors (Lipinski definition) is 2. The SMILES string of the molecule is COc1cc(C(C)(C)C)c(OC)cc1C1NCCc2cc(O)ccc21. The van der Waals surface area contributed by atoms with Gasteiger partial charge in [-0.15, -0.1) is 0 Å². The molecule has 2 aromatic carbocycles. The van der Waals surface area contributed by atoms with Crippen LogP contribution in [0.5, 0.6) is 17.2 Å². The van der Waals surface area contributed by atoms with E-state index in [1.165, 1.54) is 11.1 Å². The first-order valence-corrected chi connectivity index (χ1v) is 8.66. The van der Waals surface area contributed by atoms with Gasteiger partial charge in [-0.25, -0.2) is 0 Å². The Bertz CT molecular complexity index is 777. The van der Waals surface area contributed by atoms with Crippen molar-refractivity contribution in [3.8, 4) is 17.2 Å². The highest BCUT2D eigenvalue weighted by atomic mass is 16.5. The third-order valence-corrected chi connectivity index (χ3v) is 4.85. The molecule has 2 aromatic rings. The number of methoxy groups -OCH3 is 2. The summed E-state index contributed by atoms with van der Waals surface area (Å²) in [6.45, 7) is 7.36. The molecule has 1 unspecified atom stereocenters. The molecule has 4 heteroatoms. The van der Waals surface area contributed by atoms with E-state index in [2.05, 4.69) is 38.2 Å². The minimum absolute atomic E-state index is 0.0159. The van der Waals surface area contributed by atoms with Crippen LogP contribution in [-0.4, -0.2) is 25.9 Å². The Morgan fingerprint density at radius 1 is 1.00 bits per heavy atom. The van der Waals surface area contributed by atoms with E-state index in [1.807, 2.05) is 12.1 Å². The number of ether oxygens (including phenoxy) is 2. The monoisotopic (exact) mass is 341 g/mol. The van der Waals surface area contributed by atoms with Crippen molar-refractivity contribution in [2.24, 2.45) is 0 Å². The quantitative estimate of drug-likeness (QED) is 0.888. The maximum absolute atomic E-state index is 9.79. The molecule has 0 spiro atoms. The summed E-state index contributed by atoms with van der Waals surface area (Å²) in [6, 6.07) is 9.78. The van der Waals surface area contributed by atoms with E-state index in [4.69, 9.17) is 9.47 Å². The van der Waals surface area contributed by atoms with E-state index in [0.29, 0.717) is 5.75 Å². The van der Waals surface area contributed by atoms with Crippen LogP contribution >= 0.6 is 0 Å². The highest BCUT2D eigenvalue weighted by Gasteiger charge is 2.28. The molecule has 2 N–H and O–H groups in total. The molecule has 0 aliphatic carbocycles. The zero-order chi connectivity index (χ0) is 18.2. The Morgan fingerprint density at radius 2 is 1.72 bits per heavy atom. The van der Waals surface area contributed by atoms with E-state index in [9.17, 15) is 5.11 Å². The topological polar surface area (TPSA) is 50.7 Å². The van der Waals surface area contributed by atoms with Crippen molar-refractivity contribution in [3.63, 3.8) is 0 Å². The van der Waals surface area contributed by atoms with E-state index in [0.717, 1.165) is 35.6 Å². The highest BCUT2D eigenvalue weighted by molar-refractivity contribution is 5.54. The number of phenolic OH excluding ortho intramolecular Hbond substituents is 1. The zero-order valence-electron chi connectivity index (χ0n) is 15.6. The predicted molar refractivity (Wildman–Crippen MR) is 99.9 cm³/mol. The molecule has 3 rings (SSSR count). The molecular weight excluding hydrogens is 314 g/mol. The molecule has 4 nitrogen and oxygen atoms in total. The summed E-state index contributed by atoms with van der Waals surface area (Å²) in [5.74, 6) is 2.03. The molecule has 0 bridgehead atoms. The average Bonchev–Trinajstić information content (AvgIpc) is 2.58. The number of rotatable bonds is 3. The van der Waals surface area contributed by atoms with Gasteiger partial charge in [-0.05, 0) is 47.2 Å². The minimum atomic E-state index is -0.0408. The number of fused-ring (bicyclic) bond motifs is 1. The number of aromatic hydroxyl groups is 1. The Hall–Kier alpha value is -2.20. The minimum Gasteiger partial charge on any atom is -0.508 e. The molecule has 0 amide bonds. The molecular formula is C21H27NO3. The van der Waals surface area contributed by atoms with Gasteiger partial charge in [0.1, 0.15) is 17.2 Å². The summed E-state index contributed by atoms with van der Waals surface area (Å²) in [6.07, 6.45) is 0.903. The zero-order valence-corrected chi connectivity index (χ0v) is 15.6. The number of hydrogen-bond acceptors (Lipinski definition) is 4. The van der Waals surface area contributed by atoms with Crippen molar-refractivity contribution in [2.45, 2.75) is 38.6 Å². The molecule has 0 saturated heterocycles. The van der Waals surface area contributed by atoms with Crippen LogP contribution in [0.15, 0.2) is 30.3 Å². The average molecular weight is 341 g/mol. The largest absolute Gasteiger partial charge is 0.508 e. The van der Waals surface area contributed by atoms with Crippen LogP contribution in [0.2, 0.25) is 0 Å². The summed E-state index contributed by atoms with van der Waals surface area (Å²) < 4.78 is 11.4. The van der Waals surface area contributed by atoms with Crippen molar-refractivity contribution in [3.05, 3.63) is 52.6 Å². The fourth-order valence-corrected chi connectivity index (χ4v) is 3.56. The second-order valence-corrected chi connectivity index (χ2v) is 7.56.